The van der Waals surface area contributed by atoms with E-state index in [1.54, 1.807) is 31.3 Å². The van der Waals surface area contributed by atoms with Gasteiger partial charge in [-0.05, 0) is 42.3 Å². The summed E-state index contributed by atoms with van der Waals surface area (Å²) in [6, 6.07) is 18.6. The highest BCUT2D eigenvalue weighted by atomic mass is 16.5. The quantitative estimate of drug-likeness (QED) is 0.391. The van der Waals surface area contributed by atoms with E-state index < -0.39 is 0 Å². The van der Waals surface area contributed by atoms with Crippen LogP contribution < -0.4 is 14.4 Å². The lowest BCUT2D eigenvalue weighted by molar-refractivity contribution is -0.132. The summed E-state index contributed by atoms with van der Waals surface area (Å²) in [5.74, 6) is 2.30. The van der Waals surface area contributed by atoms with Crippen LogP contribution in [0.25, 0.3) is 11.3 Å². The van der Waals surface area contributed by atoms with Crippen LogP contribution in [0.3, 0.4) is 0 Å². The highest BCUT2D eigenvalue weighted by molar-refractivity contribution is 5.96. The molecular weight excluding hydrogens is 494 g/mol. The van der Waals surface area contributed by atoms with E-state index in [2.05, 4.69) is 28.9 Å². The smallest absolute Gasteiger partial charge is 0.254 e. The number of nitrogens with zero attached hydrogens (tertiary/aromatic N) is 5. The minimum absolute atomic E-state index is 0.0322. The van der Waals surface area contributed by atoms with Crippen LogP contribution in [0.4, 0.5) is 5.82 Å². The number of anilines is 1. The molecule has 0 unspecified atom stereocenters. The molecular formula is C30H37N5O4. The van der Waals surface area contributed by atoms with Gasteiger partial charge in [-0.2, -0.15) is 0 Å². The first-order valence-corrected chi connectivity index (χ1v) is 13.4. The van der Waals surface area contributed by atoms with Crippen LogP contribution in [-0.4, -0.2) is 85.3 Å². The predicted octanol–water partition coefficient (Wildman–Crippen LogP) is 4.00. The van der Waals surface area contributed by atoms with E-state index >= 15 is 0 Å². The topological polar surface area (TPSA) is 88.1 Å². The van der Waals surface area contributed by atoms with Crippen LogP contribution in [0.15, 0.2) is 60.7 Å². The number of hydrogen-bond acceptors (Lipinski definition) is 7. The number of rotatable bonds is 10. The van der Waals surface area contributed by atoms with E-state index in [9.17, 15) is 9.59 Å². The van der Waals surface area contributed by atoms with Gasteiger partial charge in [-0.3, -0.25) is 9.59 Å². The minimum atomic E-state index is -0.105. The van der Waals surface area contributed by atoms with Crippen molar-refractivity contribution in [3.8, 4) is 22.8 Å². The molecule has 0 spiro atoms. The van der Waals surface area contributed by atoms with Crippen molar-refractivity contribution < 1.29 is 19.1 Å². The number of ether oxygens (including phenoxy) is 2. The maximum absolute atomic E-state index is 13.2. The Morgan fingerprint density at radius 2 is 1.69 bits per heavy atom. The van der Waals surface area contributed by atoms with Crippen molar-refractivity contribution in [1.29, 1.82) is 0 Å². The van der Waals surface area contributed by atoms with Crippen LogP contribution in [-0.2, 0) is 4.79 Å². The van der Waals surface area contributed by atoms with Crippen LogP contribution in [0, 0.1) is 5.92 Å². The molecule has 2 amide bonds. The molecule has 0 bridgehead atoms. The first-order chi connectivity index (χ1) is 18.9. The maximum atomic E-state index is 13.2. The molecule has 39 heavy (non-hydrogen) atoms. The largest absolute Gasteiger partial charge is 0.497 e. The van der Waals surface area contributed by atoms with E-state index in [1.165, 1.54) is 0 Å². The molecule has 1 atom stereocenters. The normalized spacial score (nSPS) is 14.1. The van der Waals surface area contributed by atoms with Crippen molar-refractivity contribution in [2.45, 2.75) is 20.3 Å². The summed E-state index contributed by atoms with van der Waals surface area (Å²) in [4.78, 5) is 32.1. The van der Waals surface area contributed by atoms with Crippen molar-refractivity contribution in [2.24, 2.45) is 5.92 Å². The van der Waals surface area contributed by atoms with Gasteiger partial charge >= 0.3 is 0 Å². The third kappa shape index (κ3) is 6.85. The molecule has 1 aliphatic rings. The van der Waals surface area contributed by atoms with Gasteiger partial charge in [0.2, 0.25) is 5.91 Å². The van der Waals surface area contributed by atoms with Crippen LogP contribution in [0.5, 0.6) is 11.5 Å². The summed E-state index contributed by atoms with van der Waals surface area (Å²) in [5, 5.41) is 8.88. The summed E-state index contributed by atoms with van der Waals surface area (Å²) < 4.78 is 10.8. The van der Waals surface area contributed by atoms with Crippen molar-refractivity contribution in [3.63, 3.8) is 0 Å². The van der Waals surface area contributed by atoms with Crippen LogP contribution in [0.1, 0.15) is 30.6 Å². The van der Waals surface area contributed by atoms with Gasteiger partial charge in [0.25, 0.3) is 5.91 Å². The Hall–Kier alpha value is -4.14. The van der Waals surface area contributed by atoms with Gasteiger partial charge in [-0.25, -0.2) is 0 Å². The Bertz CT molecular complexity index is 1240. The minimum Gasteiger partial charge on any atom is -0.497 e. The third-order valence-electron chi connectivity index (χ3n) is 7.15. The molecule has 1 aliphatic heterocycles. The molecule has 1 saturated heterocycles. The van der Waals surface area contributed by atoms with Gasteiger partial charge in [0.1, 0.15) is 18.0 Å². The molecule has 2 aromatic carbocycles. The van der Waals surface area contributed by atoms with Crippen molar-refractivity contribution in [2.75, 3.05) is 58.4 Å². The lowest BCUT2D eigenvalue weighted by Crippen LogP contribution is -2.52. The molecule has 1 fully saturated rings. The fraction of sp³-hybridized carbons (Fsp3) is 0.400. The number of piperazine rings is 1. The van der Waals surface area contributed by atoms with Crippen molar-refractivity contribution in [1.82, 2.24) is 20.0 Å². The molecule has 0 N–H and O–H groups in total. The fourth-order valence-electron chi connectivity index (χ4n) is 4.58. The van der Waals surface area contributed by atoms with E-state index in [0.717, 1.165) is 17.8 Å². The SMILES string of the molecule is CC[C@@H](C)CN(CC(=O)N1CCN(c2ccc(-c3ccc(OC)cc3OC)nn2)CC1)C(=O)c1ccccc1. The van der Waals surface area contributed by atoms with Crippen molar-refractivity contribution in [3.05, 3.63) is 66.2 Å². The standard InChI is InChI=1S/C30H37N5O4/c1-5-22(2)20-35(30(37)23-9-7-6-8-10-23)21-29(36)34-17-15-33(16-18-34)28-14-13-26(31-32-28)25-12-11-24(38-3)19-27(25)39-4/h6-14,19,22H,5,15-18,20-21H2,1-4H3/t22-/m1/s1. The average Bonchev–Trinajstić information content (AvgIpc) is 3.00. The zero-order valence-electron chi connectivity index (χ0n) is 23.2. The van der Waals surface area contributed by atoms with Gasteiger partial charge in [0, 0.05) is 49.9 Å². The lowest BCUT2D eigenvalue weighted by Gasteiger charge is -2.36. The highest BCUT2D eigenvalue weighted by Gasteiger charge is 2.26. The second kappa shape index (κ2) is 13.1. The number of benzene rings is 2. The monoisotopic (exact) mass is 531 g/mol. The molecule has 2 heterocycles. The Morgan fingerprint density at radius 1 is 0.949 bits per heavy atom. The van der Waals surface area contributed by atoms with E-state index in [0.29, 0.717) is 61.4 Å². The summed E-state index contributed by atoms with van der Waals surface area (Å²) in [6.07, 6.45) is 0.941. The third-order valence-corrected chi connectivity index (χ3v) is 7.15. The van der Waals surface area contributed by atoms with Gasteiger partial charge < -0.3 is 24.2 Å². The molecule has 9 nitrogen and oxygen atoms in total. The molecule has 206 valence electrons. The lowest BCUT2D eigenvalue weighted by atomic mass is 10.1. The van der Waals surface area contributed by atoms with Gasteiger partial charge in [-0.1, -0.05) is 38.5 Å². The number of methoxy groups -OCH3 is 2. The first-order valence-electron chi connectivity index (χ1n) is 13.4. The number of aromatic nitrogens is 2. The number of hydrogen-bond donors (Lipinski definition) is 0. The van der Waals surface area contributed by atoms with Gasteiger partial charge in [0.05, 0.1) is 19.9 Å². The average molecular weight is 532 g/mol. The molecule has 0 radical (unpaired) electrons. The Balaban J connectivity index is 1.37. The van der Waals surface area contributed by atoms with Crippen LogP contribution in [0.2, 0.25) is 0 Å². The van der Waals surface area contributed by atoms with E-state index in [1.807, 2.05) is 53.4 Å². The summed E-state index contributed by atoms with van der Waals surface area (Å²) in [6.45, 7) is 7.24. The van der Waals surface area contributed by atoms with E-state index in [4.69, 9.17) is 9.47 Å². The maximum Gasteiger partial charge on any atom is 0.254 e. The van der Waals surface area contributed by atoms with Gasteiger partial charge in [0.15, 0.2) is 5.82 Å². The molecule has 0 aliphatic carbocycles. The van der Waals surface area contributed by atoms with Crippen LogP contribution >= 0.6 is 0 Å². The number of carbonyl (C=O) groups excluding carboxylic acids is 2. The number of amides is 2. The highest BCUT2D eigenvalue weighted by Crippen LogP contribution is 2.32. The molecule has 3 aromatic rings. The molecule has 1 aromatic heterocycles. The molecule has 0 saturated carbocycles. The van der Waals surface area contributed by atoms with Crippen molar-refractivity contribution >= 4 is 17.6 Å². The first kappa shape index (κ1) is 27.9. The Morgan fingerprint density at radius 3 is 2.31 bits per heavy atom. The van der Waals surface area contributed by atoms with Gasteiger partial charge in [-0.15, -0.1) is 10.2 Å². The van der Waals surface area contributed by atoms with E-state index in [-0.39, 0.29) is 18.4 Å². The second-order valence-corrected chi connectivity index (χ2v) is 9.78. The molecule has 9 heteroatoms. The zero-order valence-corrected chi connectivity index (χ0v) is 23.2. The molecule has 4 rings (SSSR count). The summed E-state index contributed by atoms with van der Waals surface area (Å²) >= 11 is 0. The summed E-state index contributed by atoms with van der Waals surface area (Å²) in [7, 11) is 3.23. The second-order valence-electron chi connectivity index (χ2n) is 9.78. The number of carbonyl (C=O) groups is 2. The Labute approximate surface area is 230 Å². The fourth-order valence-corrected chi connectivity index (χ4v) is 4.58. The predicted molar refractivity (Wildman–Crippen MR) is 151 cm³/mol. The zero-order chi connectivity index (χ0) is 27.8. The summed E-state index contributed by atoms with van der Waals surface area (Å²) in [5.41, 5.74) is 2.14. The Kier molecular flexibility index (Phi) is 9.35.